The Labute approximate surface area is 116 Å². The van der Waals surface area contributed by atoms with Gasteiger partial charge in [0.05, 0.1) is 11.0 Å². The summed E-state index contributed by atoms with van der Waals surface area (Å²) in [5, 5.41) is 0. The quantitative estimate of drug-likeness (QED) is 0.741. The average molecular weight is 269 g/mol. The molecule has 0 aliphatic heterocycles. The van der Waals surface area contributed by atoms with Crippen LogP contribution in [0.5, 0.6) is 0 Å². The first-order valence-electron chi connectivity index (χ1n) is 6.60. The van der Waals surface area contributed by atoms with Crippen molar-refractivity contribution in [3.63, 3.8) is 0 Å². The van der Waals surface area contributed by atoms with Gasteiger partial charge in [0.2, 0.25) is 0 Å². The van der Waals surface area contributed by atoms with E-state index in [1.807, 2.05) is 31.2 Å². The van der Waals surface area contributed by atoms with E-state index in [0.29, 0.717) is 5.69 Å². The summed E-state index contributed by atoms with van der Waals surface area (Å²) in [6.07, 6.45) is 0.772. The van der Waals surface area contributed by atoms with Crippen molar-refractivity contribution in [1.29, 1.82) is 0 Å². The topological polar surface area (TPSA) is 43.8 Å². The van der Waals surface area contributed by atoms with Crippen LogP contribution in [0.1, 0.15) is 11.4 Å². The second-order valence-corrected chi connectivity index (χ2v) is 4.94. The standard InChI is InChI=1S/C16H16FN3/c1-11-19-15-10-14(18)5-6-16(15)20(11)8-7-12-3-2-4-13(17)9-12/h2-6,9-10H,7-8,18H2,1H3. The Hall–Kier alpha value is -2.36. The van der Waals surface area contributed by atoms with Gasteiger partial charge in [0, 0.05) is 12.2 Å². The van der Waals surface area contributed by atoms with E-state index in [2.05, 4.69) is 9.55 Å². The smallest absolute Gasteiger partial charge is 0.123 e. The molecule has 3 nitrogen and oxygen atoms in total. The van der Waals surface area contributed by atoms with Crippen LogP contribution in [0.15, 0.2) is 42.5 Å². The SMILES string of the molecule is Cc1nc2cc(N)ccc2n1CCc1cccc(F)c1. The molecule has 3 aromatic rings. The second kappa shape index (κ2) is 4.96. The molecule has 1 heterocycles. The maximum Gasteiger partial charge on any atom is 0.123 e. The highest BCUT2D eigenvalue weighted by Gasteiger charge is 2.07. The van der Waals surface area contributed by atoms with Crippen molar-refractivity contribution in [3.05, 3.63) is 59.7 Å². The van der Waals surface area contributed by atoms with Crippen molar-refractivity contribution in [3.8, 4) is 0 Å². The third-order valence-corrected chi connectivity index (χ3v) is 3.48. The lowest BCUT2D eigenvalue weighted by Gasteiger charge is -2.07. The highest BCUT2D eigenvalue weighted by molar-refractivity contribution is 5.79. The summed E-state index contributed by atoms with van der Waals surface area (Å²) in [5.74, 6) is 0.754. The third kappa shape index (κ3) is 2.37. The van der Waals surface area contributed by atoms with Crippen LogP contribution in [0, 0.1) is 12.7 Å². The van der Waals surface area contributed by atoms with E-state index in [1.54, 1.807) is 12.1 Å². The monoisotopic (exact) mass is 269 g/mol. The van der Waals surface area contributed by atoms with E-state index in [4.69, 9.17) is 5.73 Å². The number of nitrogen functional groups attached to an aromatic ring is 1. The first-order valence-corrected chi connectivity index (χ1v) is 6.60. The molecule has 0 spiro atoms. The number of anilines is 1. The molecule has 0 saturated carbocycles. The van der Waals surface area contributed by atoms with Crippen LogP contribution in [-0.4, -0.2) is 9.55 Å². The van der Waals surface area contributed by atoms with Crippen molar-refractivity contribution in [2.24, 2.45) is 0 Å². The van der Waals surface area contributed by atoms with Crippen LogP contribution in [0.25, 0.3) is 11.0 Å². The van der Waals surface area contributed by atoms with E-state index in [0.717, 1.165) is 35.4 Å². The van der Waals surface area contributed by atoms with Crippen LogP contribution in [-0.2, 0) is 13.0 Å². The zero-order valence-electron chi connectivity index (χ0n) is 11.3. The molecule has 0 fully saturated rings. The fourth-order valence-electron chi connectivity index (χ4n) is 2.48. The van der Waals surface area contributed by atoms with Crippen molar-refractivity contribution in [2.45, 2.75) is 19.9 Å². The number of imidazole rings is 1. The van der Waals surface area contributed by atoms with E-state index < -0.39 is 0 Å². The number of rotatable bonds is 3. The van der Waals surface area contributed by atoms with Gasteiger partial charge in [0.15, 0.2) is 0 Å². The normalized spacial score (nSPS) is 11.1. The van der Waals surface area contributed by atoms with Crippen LogP contribution in [0.4, 0.5) is 10.1 Å². The summed E-state index contributed by atoms with van der Waals surface area (Å²) in [6, 6.07) is 12.5. The van der Waals surface area contributed by atoms with Crippen LogP contribution in [0.3, 0.4) is 0 Å². The van der Waals surface area contributed by atoms with Gasteiger partial charge in [-0.1, -0.05) is 12.1 Å². The predicted molar refractivity (Wildman–Crippen MR) is 79.0 cm³/mol. The molecule has 4 heteroatoms. The Kier molecular flexibility index (Phi) is 3.14. The Bertz CT molecular complexity index is 762. The lowest BCUT2D eigenvalue weighted by Crippen LogP contribution is -2.03. The molecule has 3 rings (SSSR count). The lowest BCUT2D eigenvalue weighted by molar-refractivity contribution is 0.621. The summed E-state index contributed by atoms with van der Waals surface area (Å²) < 4.78 is 15.3. The number of halogens is 1. The van der Waals surface area contributed by atoms with Gasteiger partial charge in [-0.15, -0.1) is 0 Å². The highest BCUT2D eigenvalue weighted by Crippen LogP contribution is 2.19. The van der Waals surface area contributed by atoms with Gasteiger partial charge in [0.25, 0.3) is 0 Å². The summed E-state index contributed by atoms with van der Waals surface area (Å²) >= 11 is 0. The molecule has 0 bridgehead atoms. The predicted octanol–water partition coefficient (Wildman–Crippen LogP) is 3.31. The molecule has 102 valence electrons. The molecule has 20 heavy (non-hydrogen) atoms. The maximum atomic E-state index is 13.2. The van der Waals surface area contributed by atoms with Crippen molar-refractivity contribution < 1.29 is 4.39 Å². The number of aromatic nitrogens is 2. The average Bonchev–Trinajstić information content (AvgIpc) is 2.71. The molecule has 0 amide bonds. The van der Waals surface area contributed by atoms with Crippen LogP contribution in [0.2, 0.25) is 0 Å². The van der Waals surface area contributed by atoms with Gasteiger partial charge in [-0.05, 0) is 49.2 Å². The maximum absolute atomic E-state index is 13.2. The van der Waals surface area contributed by atoms with Crippen molar-refractivity contribution >= 4 is 16.7 Å². The van der Waals surface area contributed by atoms with Crippen molar-refractivity contribution in [1.82, 2.24) is 9.55 Å². The van der Waals surface area contributed by atoms with E-state index in [9.17, 15) is 4.39 Å². The van der Waals surface area contributed by atoms with Gasteiger partial charge in [-0.25, -0.2) is 9.37 Å². The zero-order valence-corrected chi connectivity index (χ0v) is 11.3. The number of benzene rings is 2. The van der Waals surface area contributed by atoms with Crippen molar-refractivity contribution in [2.75, 3.05) is 5.73 Å². The zero-order chi connectivity index (χ0) is 14.1. The minimum absolute atomic E-state index is 0.192. The van der Waals surface area contributed by atoms with Gasteiger partial charge < -0.3 is 10.3 Å². The summed E-state index contributed by atoms with van der Waals surface area (Å²) in [7, 11) is 0. The fraction of sp³-hybridized carbons (Fsp3) is 0.188. The largest absolute Gasteiger partial charge is 0.399 e. The van der Waals surface area contributed by atoms with Gasteiger partial charge in [-0.2, -0.15) is 0 Å². The number of aryl methyl sites for hydroxylation is 3. The molecule has 0 saturated heterocycles. The summed E-state index contributed by atoms with van der Waals surface area (Å²) in [4.78, 5) is 4.51. The van der Waals surface area contributed by atoms with Gasteiger partial charge in [0.1, 0.15) is 11.6 Å². The Morgan fingerprint density at radius 3 is 2.85 bits per heavy atom. The Morgan fingerprint density at radius 1 is 1.20 bits per heavy atom. The van der Waals surface area contributed by atoms with Gasteiger partial charge in [-0.3, -0.25) is 0 Å². The molecule has 0 aliphatic carbocycles. The number of hydrogen-bond acceptors (Lipinski definition) is 2. The molecule has 2 N–H and O–H groups in total. The molecular weight excluding hydrogens is 253 g/mol. The van der Waals surface area contributed by atoms with E-state index >= 15 is 0 Å². The lowest BCUT2D eigenvalue weighted by atomic mass is 10.1. The molecule has 0 atom stereocenters. The number of hydrogen-bond donors (Lipinski definition) is 1. The highest BCUT2D eigenvalue weighted by atomic mass is 19.1. The molecule has 1 aromatic heterocycles. The number of nitrogens with two attached hydrogens (primary N) is 1. The van der Waals surface area contributed by atoms with Gasteiger partial charge >= 0.3 is 0 Å². The fourth-order valence-corrected chi connectivity index (χ4v) is 2.48. The first kappa shape index (κ1) is 12.7. The molecule has 2 aromatic carbocycles. The third-order valence-electron chi connectivity index (χ3n) is 3.48. The minimum Gasteiger partial charge on any atom is -0.399 e. The van der Waals surface area contributed by atoms with Crippen LogP contribution < -0.4 is 5.73 Å². The Morgan fingerprint density at radius 2 is 2.05 bits per heavy atom. The summed E-state index contributed by atoms with van der Waals surface area (Å²) in [6.45, 7) is 2.75. The molecule has 0 radical (unpaired) electrons. The number of fused-ring (bicyclic) bond motifs is 1. The van der Waals surface area contributed by atoms with Crippen LogP contribution >= 0.6 is 0 Å². The first-order chi connectivity index (χ1) is 9.63. The minimum atomic E-state index is -0.192. The molecule has 0 unspecified atom stereocenters. The van der Waals surface area contributed by atoms with E-state index in [1.165, 1.54) is 6.07 Å². The van der Waals surface area contributed by atoms with E-state index in [-0.39, 0.29) is 5.82 Å². The number of nitrogens with zero attached hydrogens (tertiary/aromatic N) is 2. The molecule has 0 aliphatic rings. The summed E-state index contributed by atoms with van der Waals surface area (Å²) in [5.41, 5.74) is 9.44. The Balaban J connectivity index is 1.89. The second-order valence-electron chi connectivity index (χ2n) is 4.94. The molecular formula is C16H16FN3.